The average molecular weight is 396 g/mol. The summed E-state index contributed by atoms with van der Waals surface area (Å²) >= 11 is 0. The molecule has 0 fully saturated rings. The molecule has 0 aliphatic rings. The zero-order valence-electron chi connectivity index (χ0n) is 15.6. The third kappa shape index (κ3) is 6.59. The van der Waals surface area contributed by atoms with E-state index in [0.717, 1.165) is 5.56 Å². The van der Waals surface area contributed by atoms with Crippen molar-refractivity contribution in [3.63, 3.8) is 0 Å². The van der Waals surface area contributed by atoms with Crippen molar-refractivity contribution in [2.45, 2.75) is 30.6 Å². The Labute approximate surface area is 182 Å². The molecule has 0 saturated carbocycles. The van der Waals surface area contributed by atoms with Crippen LogP contribution in [0, 0.1) is 5.92 Å². The smallest absolute Gasteiger partial charge is 0.744 e. The number of aliphatic carboxylic acids is 1. The number of benzene rings is 2. The van der Waals surface area contributed by atoms with Crippen LogP contribution in [-0.4, -0.2) is 24.0 Å². The van der Waals surface area contributed by atoms with Crippen molar-refractivity contribution in [2.75, 3.05) is 0 Å². The van der Waals surface area contributed by atoms with Crippen LogP contribution in [0.15, 0.2) is 71.6 Å². The normalized spacial score (nSPS) is 14.9. The van der Waals surface area contributed by atoms with Crippen molar-refractivity contribution in [3.05, 3.63) is 77.9 Å². The first-order valence-electron chi connectivity index (χ1n) is 8.22. The van der Waals surface area contributed by atoms with Crippen LogP contribution in [0.4, 0.5) is 0 Å². The summed E-state index contributed by atoms with van der Waals surface area (Å²) in [7, 11) is -4.51. The summed E-state index contributed by atoms with van der Waals surface area (Å²) in [4.78, 5) is 11.4. The third-order valence-electron chi connectivity index (χ3n) is 4.45. The van der Waals surface area contributed by atoms with Gasteiger partial charge in [0, 0.05) is 0 Å². The minimum absolute atomic E-state index is 0. The van der Waals surface area contributed by atoms with E-state index in [1.165, 1.54) is 24.3 Å². The molecule has 0 bridgehead atoms. The molecule has 0 saturated heterocycles. The van der Waals surface area contributed by atoms with Crippen LogP contribution in [0.25, 0.3) is 0 Å². The summed E-state index contributed by atoms with van der Waals surface area (Å²) in [6.07, 6.45) is 3.53. The Bertz CT molecular complexity index is 876. The predicted molar refractivity (Wildman–Crippen MR) is 97.9 cm³/mol. The molecule has 3 unspecified atom stereocenters. The number of carboxylic acids is 1. The molecule has 0 spiro atoms. The van der Waals surface area contributed by atoms with Crippen LogP contribution in [0.3, 0.4) is 0 Å². The van der Waals surface area contributed by atoms with Gasteiger partial charge in [0.05, 0.1) is 10.8 Å². The van der Waals surface area contributed by atoms with Crippen molar-refractivity contribution < 1.29 is 52.4 Å². The van der Waals surface area contributed by atoms with E-state index in [1.54, 1.807) is 13.0 Å². The summed E-state index contributed by atoms with van der Waals surface area (Å²) in [6, 6.07) is 15.2. The minimum Gasteiger partial charge on any atom is -0.744 e. The molecule has 2 aromatic rings. The summed E-state index contributed by atoms with van der Waals surface area (Å²) in [5, 5.41) is 9.58. The molecule has 2 rings (SSSR count). The maximum Gasteiger partial charge on any atom is 1.00 e. The average Bonchev–Trinajstić information content (AvgIpc) is 2.61. The zero-order valence-corrected chi connectivity index (χ0v) is 18.4. The number of carboxylic acid groups (broad SMARTS) is 1. The first-order valence-corrected chi connectivity index (χ1v) is 9.63. The third-order valence-corrected chi connectivity index (χ3v) is 5.30. The summed E-state index contributed by atoms with van der Waals surface area (Å²) in [6.45, 7) is 3.75. The molecule has 7 heteroatoms. The van der Waals surface area contributed by atoms with E-state index in [-0.39, 0.29) is 46.3 Å². The Kier molecular flexibility index (Phi) is 8.91. The van der Waals surface area contributed by atoms with Gasteiger partial charge in [0.2, 0.25) is 0 Å². The van der Waals surface area contributed by atoms with Gasteiger partial charge in [-0.05, 0) is 35.1 Å². The Hall–Kier alpha value is -1.44. The topological polar surface area (TPSA) is 94.5 Å². The van der Waals surface area contributed by atoms with Gasteiger partial charge >= 0.3 is 35.5 Å². The molecule has 0 radical (unpaired) electrons. The predicted octanol–water partition coefficient (Wildman–Crippen LogP) is 0.759. The maximum absolute atomic E-state index is 11.7. The number of hydrogen-bond acceptors (Lipinski definition) is 4. The fourth-order valence-corrected chi connectivity index (χ4v) is 3.23. The fraction of sp³-hybridized carbons (Fsp3) is 0.250. The quantitative estimate of drug-likeness (QED) is 0.424. The Morgan fingerprint density at radius 2 is 1.52 bits per heavy atom. The largest absolute Gasteiger partial charge is 1.00 e. The van der Waals surface area contributed by atoms with Gasteiger partial charge in [-0.2, -0.15) is 0 Å². The van der Waals surface area contributed by atoms with Crippen LogP contribution < -0.4 is 29.6 Å². The molecule has 2 aromatic carbocycles. The van der Waals surface area contributed by atoms with E-state index >= 15 is 0 Å². The van der Waals surface area contributed by atoms with Gasteiger partial charge in [-0.3, -0.25) is 4.79 Å². The number of rotatable bonds is 7. The van der Waals surface area contributed by atoms with E-state index in [0.29, 0.717) is 5.56 Å². The fourth-order valence-electron chi connectivity index (χ4n) is 2.76. The molecular weight excluding hydrogens is 375 g/mol. The summed E-state index contributed by atoms with van der Waals surface area (Å²) in [5.41, 5.74) is 1.74. The van der Waals surface area contributed by atoms with Crippen LogP contribution in [-0.2, 0) is 14.9 Å². The van der Waals surface area contributed by atoms with Gasteiger partial charge in [-0.1, -0.05) is 68.5 Å². The first kappa shape index (κ1) is 23.6. The number of hydrogen-bond donors (Lipinski definition) is 1. The Balaban J connectivity index is 0.00000364. The molecule has 1 N–H and O–H groups in total. The van der Waals surface area contributed by atoms with Crippen molar-refractivity contribution in [1.29, 1.82) is 0 Å². The minimum atomic E-state index is -4.51. The molecule has 5 nitrogen and oxygen atoms in total. The maximum atomic E-state index is 11.7. The van der Waals surface area contributed by atoms with Crippen LogP contribution >= 0.6 is 0 Å². The van der Waals surface area contributed by atoms with Crippen molar-refractivity contribution in [1.82, 2.24) is 0 Å². The number of allylic oxidation sites excluding steroid dienone is 1. The molecule has 138 valence electrons. The van der Waals surface area contributed by atoms with E-state index in [9.17, 15) is 22.9 Å². The van der Waals surface area contributed by atoms with Crippen LogP contribution in [0.5, 0.6) is 0 Å². The Morgan fingerprint density at radius 1 is 0.963 bits per heavy atom. The monoisotopic (exact) mass is 396 g/mol. The number of carbonyl (C=O) groups is 1. The van der Waals surface area contributed by atoms with E-state index in [4.69, 9.17) is 0 Å². The van der Waals surface area contributed by atoms with E-state index in [1.807, 2.05) is 43.3 Å². The molecule has 0 aliphatic carbocycles. The molecule has 27 heavy (non-hydrogen) atoms. The standard InChI is InChI=1S/C20H22O5S.Na/c1-14(16-6-4-3-5-7-16)8-13-19(20(21)22)15(2)17-9-11-18(12-10-17)26(23,24)25;/h3-15,19H,1-2H3,(H,21,22)(H,23,24,25);/q;+1/p-1. The first-order chi connectivity index (χ1) is 12.2. The van der Waals surface area contributed by atoms with Gasteiger partial charge in [0.1, 0.15) is 10.1 Å². The SMILES string of the molecule is CC(C=CC(C(=O)O)C(C)c1ccc(S(=O)(=O)[O-])cc1)c1ccccc1.[Na+]. The summed E-state index contributed by atoms with van der Waals surface area (Å²) < 4.78 is 33.0. The molecule has 0 heterocycles. The van der Waals surface area contributed by atoms with Gasteiger partial charge in [0.25, 0.3) is 0 Å². The van der Waals surface area contributed by atoms with Gasteiger partial charge < -0.3 is 9.66 Å². The summed E-state index contributed by atoms with van der Waals surface area (Å²) in [5.74, 6) is -2.04. The van der Waals surface area contributed by atoms with E-state index in [2.05, 4.69) is 0 Å². The van der Waals surface area contributed by atoms with Gasteiger partial charge in [-0.25, -0.2) is 8.42 Å². The zero-order chi connectivity index (χ0) is 19.3. The van der Waals surface area contributed by atoms with Crippen LogP contribution in [0.2, 0.25) is 0 Å². The van der Waals surface area contributed by atoms with Crippen molar-refractivity contribution in [2.24, 2.45) is 5.92 Å². The second-order valence-electron chi connectivity index (χ2n) is 6.26. The molecule has 3 atom stereocenters. The second kappa shape index (κ2) is 10.2. The van der Waals surface area contributed by atoms with Crippen molar-refractivity contribution in [3.8, 4) is 0 Å². The molecule has 0 amide bonds. The van der Waals surface area contributed by atoms with Crippen LogP contribution in [0.1, 0.15) is 36.8 Å². The molecular formula is C20H21NaO5S. The Morgan fingerprint density at radius 3 is 2.00 bits per heavy atom. The van der Waals surface area contributed by atoms with Crippen molar-refractivity contribution >= 4 is 16.1 Å². The molecule has 0 aromatic heterocycles. The van der Waals surface area contributed by atoms with Gasteiger partial charge in [0.15, 0.2) is 0 Å². The van der Waals surface area contributed by atoms with E-state index < -0.39 is 22.0 Å². The van der Waals surface area contributed by atoms with Gasteiger partial charge in [-0.15, -0.1) is 0 Å². The molecule has 0 aliphatic heterocycles. The second-order valence-corrected chi connectivity index (χ2v) is 7.64.